The van der Waals surface area contributed by atoms with E-state index < -0.39 is 23.6 Å². The van der Waals surface area contributed by atoms with Crippen LogP contribution in [0.25, 0.3) is 5.57 Å². The number of rotatable bonds is 4. The topological polar surface area (TPSA) is 43.4 Å². The van der Waals surface area contributed by atoms with Gasteiger partial charge in [0, 0.05) is 5.92 Å². The molecule has 0 bridgehead atoms. The molecule has 2 aromatic rings. The average molecular weight is 352 g/mol. The fourth-order valence-corrected chi connectivity index (χ4v) is 3.42. The van der Waals surface area contributed by atoms with E-state index in [0.29, 0.717) is 12.0 Å². The lowest BCUT2D eigenvalue weighted by atomic mass is 9.73. The number of ether oxygens (including phenoxy) is 1. The molecule has 26 heavy (non-hydrogen) atoms. The zero-order chi connectivity index (χ0) is 18.7. The van der Waals surface area contributed by atoms with Gasteiger partial charge in [-0.1, -0.05) is 48.0 Å². The molecule has 0 aliphatic heterocycles. The quantitative estimate of drug-likeness (QED) is 0.603. The lowest BCUT2D eigenvalue weighted by molar-refractivity contribution is -0.151. The summed E-state index contributed by atoms with van der Waals surface area (Å²) in [6, 6.07) is 14.1. The minimum absolute atomic E-state index is 0.182. The summed E-state index contributed by atoms with van der Waals surface area (Å²) in [5.74, 6) is -2.93. The maximum absolute atomic E-state index is 14.4. The van der Waals surface area contributed by atoms with Crippen molar-refractivity contribution >= 4 is 17.3 Å². The molecule has 0 saturated carbocycles. The molecule has 0 heterocycles. The van der Waals surface area contributed by atoms with Gasteiger partial charge >= 0.3 is 5.97 Å². The molecule has 1 aliphatic carbocycles. The molecule has 0 N–H and O–H groups in total. The van der Waals surface area contributed by atoms with E-state index in [2.05, 4.69) is 0 Å². The third-order valence-corrected chi connectivity index (χ3v) is 4.73. The zero-order valence-electron chi connectivity index (χ0n) is 14.9. The van der Waals surface area contributed by atoms with Crippen LogP contribution >= 0.6 is 0 Å². The van der Waals surface area contributed by atoms with Crippen LogP contribution in [0, 0.1) is 18.7 Å². The van der Waals surface area contributed by atoms with Crippen molar-refractivity contribution in [3.63, 3.8) is 0 Å². The van der Waals surface area contributed by atoms with E-state index in [4.69, 9.17) is 4.74 Å². The van der Waals surface area contributed by atoms with E-state index in [1.807, 2.05) is 31.2 Å². The van der Waals surface area contributed by atoms with Crippen molar-refractivity contribution in [3.8, 4) is 0 Å². The molecule has 3 nitrogen and oxygen atoms in total. The number of carbonyl (C=O) groups excluding carboxylic acids is 2. The molecule has 0 radical (unpaired) electrons. The van der Waals surface area contributed by atoms with Crippen LogP contribution in [-0.4, -0.2) is 18.4 Å². The largest absolute Gasteiger partial charge is 0.465 e. The van der Waals surface area contributed by atoms with E-state index in [1.54, 1.807) is 25.1 Å². The van der Waals surface area contributed by atoms with Crippen LogP contribution in [-0.2, 0) is 14.3 Å². The summed E-state index contributed by atoms with van der Waals surface area (Å²) in [7, 11) is 0. The smallest absolute Gasteiger partial charge is 0.317 e. The fourth-order valence-electron chi connectivity index (χ4n) is 3.42. The summed E-state index contributed by atoms with van der Waals surface area (Å²) in [4.78, 5) is 25.2. The molecule has 0 spiro atoms. The predicted octanol–water partition coefficient (Wildman–Crippen LogP) is 4.45. The number of hydrogen-bond acceptors (Lipinski definition) is 3. The Morgan fingerprint density at radius 2 is 1.85 bits per heavy atom. The first kappa shape index (κ1) is 18.1. The Bertz CT molecular complexity index is 852. The molecule has 2 aromatic carbocycles. The van der Waals surface area contributed by atoms with Gasteiger partial charge in [-0.3, -0.25) is 9.59 Å². The molecule has 3 rings (SSSR count). The van der Waals surface area contributed by atoms with E-state index in [9.17, 15) is 14.0 Å². The number of allylic oxidation sites excluding steroid dienone is 2. The van der Waals surface area contributed by atoms with Crippen LogP contribution in [0.15, 0.2) is 54.6 Å². The van der Waals surface area contributed by atoms with E-state index in [0.717, 1.165) is 16.7 Å². The highest BCUT2D eigenvalue weighted by atomic mass is 19.1. The van der Waals surface area contributed by atoms with Crippen LogP contribution < -0.4 is 0 Å². The van der Waals surface area contributed by atoms with Crippen molar-refractivity contribution in [1.82, 2.24) is 0 Å². The number of hydrogen-bond donors (Lipinski definition) is 0. The Kier molecular flexibility index (Phi) is 5.31. The monoisotopic (exact) mass is 352 g/mol. The predicted molar refractivity (Wildman–Crippen MR) is 98.0 cm³/mol. The van der Waals surface area contributed by atoms with Gasteiger partial charge < -0.3 is 4.74 Å². The molecule has 0 aromatic heterocycles. The standard InChI is InChI=1S/C22H21FO3/c1-3-26-22(25)21-18(17-6-4-5-7-19(17)23)12-16(13-20(21)24)15-10-8-14(2)9-11-15/h4-11,13,18,21H,3,12H2,1-2H3. The first-order chi connectivity index (χ1) is 12.5. The number of carbonyl (C=O) groups is 2. The molecule has 2 unspecified atom stereocenters. The Morgan fingerprint density at radius 1 is 1.15 bits per heavy atom. The van der Waals surface area contributed by atoms with Crippen LogP contribution in [0.3, 0.4) is 0 Å². The SMILES string of the molecule is CCOC(=O)C1C(=O)C=C(c2ccc(C)cc2)CC1c1ccccc1F. The molecular formula is C22H21FO3. The Balaban J connectivity index is 2.04. The van der Waals surface area contributed by atoms with Gasteiger partial charge in [0.05, 0.1) is 6.61 Å². The van der Waals surface area contributed by atoms with Gasteiger partial charge in [0.15, 0.2) is 5.78 Å². The summed E-state index contributed by atoms with van der Waals surface area (Å²) < 4.78 is 19.5. The summed E-state index contributed by atoms with van der Waals surface area (Å²) in [5.41, 5.74) is 3.21. The second kappa shape index (κ2) is 7.65. The van der Waals surface area contributed by atoms with Crippen LogP contribution in [0.4, 0.5) is 4.39 Å². The summed E-state index contributed by atoms with van der Waals surface area (Å²) in [5, 5.41) is 0. The Hall–Kier alpha value is -2.75. The molecule has 134 valence electrons. The highest BCUT2D eigenvalue weighted by Gasteiger charge is 2.40. The van der Waals surface area contributed by atoms with Crippen molar-refractivity contribution in [2.45, 2.75) is 26.2 Å². The van der Waals surface area contributed by atoms with Crippen molar-refractivity contribution in [2.24, 2.45) is 5.92 Å². The van der Waals surface area contributed by atoms with Gasteiger partial charge in [-0.2, -0.15) is 0 Å². The number of ketones is 1. The van der Waals surface area contributed by atoms with E-state index >= 15 is 0 Å². The number of benzene rings is 2. The van der Waals surface area contributed by atoms with Gasteiger partial charge in [0.25, 0.3) is 0 Å². The van der Waals surface area contributed by atoms with E-state index in [-0.39, 0.29) is 12.4 Å². The summed E-state index contributed by atoms with van der Waals surface area (Å²) in [6.45, 7) is 3.86. The first-order valence-corrected chi connectivity index (χ1v) is 8.73. The first-order valence-electron chi connectivity index (χ1n) is 8.73. The average Bonchev–Trinajstić information content (AvgIpc) is 2.62. The van der Waals surface area contributed by atoms with Gasteiger partial charge in [0.2, 0.25) is 0 Å². The highest BCUT2D eigenvalue weighted by molar-refractivity contribution is 6.10. The van der Waals surface area contributed by atoms with Crippen LogP contribution in [0.1, 0.15) is 36.0 Å². The van der Waals surface area contributed by atoms with Gasteiger partial charge in [0.1, 0.15) is 11.7 Å². The Morgan fingerprint density at radius 3 is 2.50 bits per heavy atom. The lowest BCUT2D eigenvalue weighted by Gasteiger charge is -2.29. The van der Waals surface area contributed by atoms with Crippen LogP contribution in [0.5, 0.6) is 0 Å². The molecule has 2 atom stereocenters. The number of esters is 1. The number of aryl methyl sites for hydroxylation is 1. The molecule has 1 aliphatic rings. The van der Waals surface area contributed by atoms with E-state index in [1.165, 1.54) is 12.1 Å². The summed E-state index contributed by atoms with van der Waals surface area (Å²) >= 11 is 0. The molecule has 4 heteroatoms. The number of halogens is 1. The van der Waals surface area contributed by atoms with Crippen molar-refractivity contribution in [2.75, 3.05) is 6.61 Å². The van der Waals surface area contributed by atoms with Crippen molar-refractivity contribution in [3.05, 3.63) is 77.1 Å². The summed E-state index contributed by atoms with van der Waals surface area (Å²) in [6.07, 6.45) is 1.91. The molecular weight excluding hydrogens is 331 g/mol. The second-order valence-electron chi connectivity index (χ2n) is 6.50. The molecule has 0 saturated heterocycles. The highest BCUT2D eigenvalue weighted by Crippen LogP contribution is 2.41. The lowest BCUT2D eigenvalue weighted by Crippen LogP contribution is -2.34. The molecule has 0 fully saturated rings. The van der Waals surface area contributed by atoms with Crippen molar-refractivity contribution < 1.29 is 18.7 Å². The zero-order valence-corrected chi connectivity index (χ0v) is 14.9. The molecule has 0 amide bonds. The normalized spacial score (nSPS) is 19.8. The fraction of sp³-hybridized carbons (Fsp3) is 0.273. The maximum atomic E-state index is 14.4. The maximum Gasteiger partial charge on any atom is 0.317 e. The minimum Gasteiger partial charge on any atom is -0.465 e. The second-order valence-corrected chi connectivity index (χ2v) is 6.50. The van der Waals surface area contributed by atoms with Crippen LogP contribution in [0.2, 0.25) is 0 Å². The van der Waals surface area contributed by atoms with Gasteiger partial charge in [-0.25, -0.2) is 4.39 Å². The third kappa shape index (κ3) is 3.59. The van der Waals surface area contributed by atoms with Crippen molar-refractivity contribution in [1.29, 1.82) is 0 Å². The van der Waals surface area contributed by atoms with Gasteiger partial charge in [-0.15, -0.1) is 0 Å². The minimum atomic E-state index is -1.01. The van der Waals surface area contributed by atoms with Gasteiger partial charge in [-0.05, 0) is 49.1 Å². The third-order valence-electron chi connectivity index (χ3n) is 4.73. The Labute approximate surface area is 152 Å².